The molecule has 0 atom stereocenters. The molecule has 118 valence electrons. The lowest BCUT2D eigenvalue weighted by Gasteiger charge is -2.38. The van der Waals surface area contributed by atoms with E-state index in [0.29, 0.717) is 6.54 Å². The highest BCUT2D eigenvalue weighted by Gasteiger charge is 2.43. The molecule has 0 radical (unpaired) electrons. The van der Waals surface area contributed by atoms with Crippen LogP contribution in [0.3, 0.4) is 0 Å². The van der Waals surface area contributed by atoms with Crippen LogP contribution in [0, 0.1) is 11.3 Å². The molecule has 5 heteroatoms. The quantitative estimate of drug-likeness (QED) is 0.812. The Morgan fingerprint density at radius 1 is 1.10 bits per heavy atom. The third-order valence-corrected chi connectivity index (χ3v) is 5.48. The standard InChI is InChI=1S/C16H27N3O2/c17-11-16(7-1-2-8-16)15(21)19-9-5-13(6-10-19)18-14(20)12-3-4-12/h12-13H,1-11,17H2,(H,18,20). The zero-order valence-electron chi connectivity index (χ0n) is 12.8. The number of rotatable bonds is 4. The number of nitrogens with two attached hydrogens (primary N) is 1. The van der Waals surface area contributed by atoms with E-state index in [1.165, 1.54) is 0 Å². The first-order valence-electron chi connectivity index (χ1n) is 8.44. The lowest BCUT2D eigenvalue weighted by Crippen LogP contribution is -2.52. The molecule has 0 bridgehead atoms. The molecule has 0 aromatic rings. The summed E-state index contributed by atoms with van der Waals surface area (Å²) < 4.78 is 0. The fraction of sp³-hybridized carbons (Fsp3) is 0.875. The smallest absolute Gasteiger partial charge is 0.230 e. The minimum absolute atomic E-state index is 0.217. The van der Waals surface area contributed by atoms with E-state index in [4.69, 9.17) is 5.73 Å². The van der Waals surface area contributed by atoms with E-state index in [2.05, 4.69) is 5.32 Å². The largest absolute Gasteiger partial charge is 0.353 e. The molecule has 2 amide bonds. The zero-order valence-corrected chi connectivity index (χ0v) is 12.8. The summed E-state index contributed by atoms with van der Waals surface area (Å²) in [6.07, 6.45) is 7.98. The van der Waals surface area contributed by atoms with Crippen molar-refractivity contribution >= 4 is 11.8 Å². The molecule has 2 aliphatic carbocycles. The van der Waals surface area contributed by atoms with E-state index in [1.54, 1.807) is 0 Å². The molecule has 1 aliphatic heterocycles. The van der Waals surface area contributed by atoms with Crippen molar-refractivity contribution in [2.45, 2.75) is 57.4 Å². The molecule has 1 heterocycles. The third-order valence-electron chi connectivity index (χ3n) is 5.48. The number of nitrogens with zero attached hydrogens (tertiary/aromatic N) is 1. The Morgan fingerprint density at radius 3 is 2.24 bits per heavy atom. The highest BCUT2D eigenvalue weighted by molar-refractivity contribution is 5.83. The Bertz CT molecular complexity index is 406. The average molecular weight is 293 g/mol. The van der Waals surface area contributed by atoms with Gasteiger partial charge in [-0.2, -0.15) is 0 Å². The van der Waals surface area contributed by atoms with Crippen molar-refractivity contribution in [3.05, 3.63) is 0 Å². The van der Waals surface area contributed by atoms with E-state index in [-0.39, 0.29) is 29.2 Å². The van der Waals surface area contributed by atoms with Crippen molar-refractivity contribution in [2.24, 2.45) is 17.1 Å². The number of hydrogen-bond acceptors (Lipinski definition) is 3. The minimum atomic E-state index is -0.288. The first-order chi connectivity index (χ1) is 10.1. The van der Waals surface area contributed by atoms with Crippen molar-refractivity contribution in [3.8, 4) is 0 Å². The molecular formula is C16H27N3O2. The molecule has 21 heavy (non-hydrogen) atoms. The van der Waals surface area contributed by atoms with Crippen molar-refractivity contribution in [1.82, 2.24) is 10.2 Å². The number of hydrogen-bond donors (Lipinski definition) is 2. The molecule has 0 aromatic carbocycles. The molecule has 0 aromatic heterocycles. The lowest BCUT2D eigenvalue weighted by molar-refractivity contribution is -0.142. The summed E-state index contributed by atoms with van der Waals surface area (Å²) in [5.41, 5.74) is 5.62. The Morgan fingerprint density at radius 2 is 1.71 bits per heavy atom. The normalized spacial score (nSPS) is 25.9. The average Bonchev–Trinajstić information content (AvgIpc) is 3.25. The highest BCUT2D eigenvalue weighted by Crippen LogP contribution is 2.39. The van der Waals surface area contributed by atoms with Gasteiger partial charge in [0, 0.05) is 31.6 Å². The predicted molar refractivity (Wildman–Crippen MR) is 80.4 cm³/mol. The van der Waals surface area contributed by atoms with Crippen LogP contribution in [0.1, 0.15) is 51.4 Å². The number of piperidine rings is 1. The molecule has 3 fully saturated rings. The van der Waals surface area contributed by atoms with E-state index in [9.17, 15) is 9.59 Å². The minimum Gasteiger partial charge on any atom is -0.353 e. The van der Waals surface area contributed by atoms with Crippen molar-refractivity contribution < 1.29 is 9.59 Å². The maximum absolute atomic E-state index is 12.8. The fourth-order valence-electron chi connectivity index (χ4n) is 3.78. The first kappa shape index (κ1) is 14.8. The van der Waals surface area contributed by atoms with E-state index in [1.807, 2.05) is 4.90 Å². The van der Waals surface area contributed by atoms with Crippen molar-refractivity contribution in [3.63, 3.8) is 0 Å². The van der Waals surface area contributed by atoms with Crippen molar-refractivity contribution in [1.29, 1.82) is 0 Å². The number of amides is 2. The molecule has 3 rings (SSSR count). The van der Waals surface area contributed by atoms with Gasteiger partial charge < -0.3 is 16.0 Å². The molecular weight excluding hydrogens is 266 g/mol. The van der Waals surface area contributed by atoms with Gasteiger partial charge >= 0.3 is 0 Å². The van der Waals surface area contributed by atoms with E-state index < -0.39 is 0 Å². The van der Waals surface area contributed by atoms with Crippen LogP contribution < -0.4 is 11.1 Å². The summed E-state index contributed by atoms with van der Waals surface area (Å²) in [6.45, 7) is 2.00. The Balaban J connectivity index is 1.50. The monoisotopic (exact) mass is 293 g/mol. The van der Waals surface area contributed by atoms with Crippen LogP contribution in [0.2, 0.25) is 0 Å². The Labute approximate surface area is 126 Å². The van der Waals surface area contributed by atoms with Crippen LogP contribution in [0.25, 0.3) is 0 Å². The highest BCUT2D eigenvalue weighted by atomic mass is 16.2. The number of nitrogens with one attached hydrogen (secondary N) is 1. The summed E-state index contributed by atoms with van der Waals surface area (Å²) in [6, 6.07) is 0.250. The fourth-order valence-corrected chi connectivity index (χ4v) is 3.78. The number of carbonyl (C=O) groups excluding carboxylic acids is 2. The first-order valence-corrected chi connectivity index (χ1v) is 8.44. The van der Waals surface area contributed by atoms with Gasteiger partial charge in [0.25, 0.3) is 0 Å². The van der Waals surface area contributed by atoms with Gasteiger partial charge in [-0.3, -0.25) is 9.59 Å². The van der Waals surface area contributed by atoms with Gasteiger partial charge in [-0.1, -0.05) is 12.8 Å². The molecule has 2 saturated carbocycles. The Kier molecular flexibility index (Phi) is 4.20. The second-order valence-corrected chi connectivity index (χ2v) is 7.04. The van der Waals surface area contributed by atoms with Gasteiger partial charge in [-0.25, -0.2) is 0 Å². The zero-order chi connectivity index (χ0) is 14.9. The van der Waals surface area contributed by atoms with Gasteiger partial charge in [-0.05, 0) is 38.5 Å². The molecule has 5 nitrogen and oxygen atoms in total. The van der Waals surface area contributed by atoms with Gasteiger partial charge in [0.15, 0.2) is 0 Å². The summed E-state index contributed by atoms with van der Waals surface area (Å²) in [7, 11) is 0. The number of likely N-dealkylation sites (tertiary alicyclic amines) is 1. The van der Waals surface area contributed by atoms with Crippen LogP contribution in [-0.2, 0) is 9.59 Å². The second kappa shape index (κ2) is 5.95. The van der Waals surface area contributed by atoms with Gasteiger partial charge in [0.05, 0.1) is 5.41 Å². The molecule has 0 unspecified atom stereocenters. The number of carbonyl (C=O) groups is 2. The summed E-state index contributed by atoms with van der Waals surface area (Å²) in [4.78, 5) is 26.5. The maximum atomic E-state index is 12.8. The lowest BCUT2D eigenvalue weighted by atomic mass is 9.84. The topological polar surface area (TPSA) is 75.4 Å². The van der Waals surface area contributed by atoms with E-state index in [0.717, 1.165) is 64.5 Å². The third kappa shape index (κ3) is 3.07. The molecule has 3 N–H and O–H groups in total. The molecule has 3 aliphatic rings. The summed E-state index contributed by atoms with van der Waals surface area (Å²) in [5.74, 6) is 0.743. The summed E-state index contributed by atoms with van der Waals surface area (Å²) in [5, 5.41) is 3.13. The van der Waals surface area contributed by atoms with Crippen LogP contribution in [0.5, 0.6) is 0 Å². The van der Waals surface area contributed by atoms with Crippen molar-refractivity contribution in [2.75, 3.05) is 19.6 Å². The van der Waals surface area contributed by atoms with Crippen LogP contribution in [0.4, 0.5) is 0 Å². The predicted octanol–water partition coefficient (Wildman–Crippen LogP) is 1.02. The van der Waals surface area contributed by atoms with Gasteiger partial charge in [0.1, 0.15) is 0 Å². The SMILES string of the molecule is NCC1(C(=O)N2CCC(NC(=O)C3CC3)CC2)CCCC1. The molecule has 1 saturated heterocycles. The van der Waals surface area contributed by atoms with Gasteiger partial charge in [0.2, 0.25) is 11.8 Å². The van der Waals surface area contributed by atoms with Gasteiger partial charge in [-0.15, -0.1) is 0 Å². The van der Waals surface area contributed by atoms with E-state index >= 15 is 0 Å². The second-order valence-electron chi connectivity index (χ2n) is 7.04. The summed E-state index contributed by atoms with van der Waals surface area (Å²) >= 11 is 0. The van der Waals surface area contributed by atoms with Crippen LogP contribution >= 0.6 is 0 Å². The Hall–Kier alpha value is -1.10. The molecule has 0 spiro atoms. The van der Waals surface area contributed by atoms with Crippen LogP contribution in [-0.4, -0.2) is 42.4 Å². The maximum Gasteiger partial charge on any atom is 0.230 e. The van der Waals surface area contributed by atoms with Crippen LogP contribution in [0.15, 0.2) is 0 Å².